The fraction of sp³-hybridized carbons (Fsp3) is 0.793. The molecule has 2 fully saturated rings. The van der Waals surface area contributed by atoms with E-state index in [9.17, 15) is 5.11 Å². The van der Waals surface area contributed by atoms with Crippen LogP contribution in [-0.4, -0.2) is 32.2 Å². The average Bonchev–Trinajstić information content (AvgIpc) is 3.11. The fourth-order valence-corrected chi connectivity index (χ4v) is 7.85. The van der Waals surface area contributed by atoms with Crippen molar-refractivity contribution in [3.63, 3.8) is 0 Å². The van der Waals surface area contributed by atoms with Crippen LogP contribution in [0.4, 0.5) is 0 Å². The Hall–Kier alpha value is -0.683. The van der Waals surface area contributed by atoms with Gasteiger partial charge in [-0.05, 0) is 85.4 Å². The summed E-state index contributed by atoms with van der Waals surface area (Å²) < 4.78 is 13.1. The molecule has 33 heavy (non-hydrogen) atoms. The molecule has 0 heterocycles. The Bertz CT molecular complexity index is 728. The van der Waals surface area contributed by atoms with Gasteiger partial charge in [-0.1, -0.05) is 71.4 Å². The van der Waals surface area contributed by atoms with E-state index in [2.05, 4.69) is 59.8 Å². The number of aliphatic hydroxyl groups excluding tert-OH is 1. The van der Waals surface area contributed by atoms with Crippen LogP contribution < -0.4 is 0 Å². The minimum atomic E-state index is -1.75. The van der Waals surface area contributed by atoms with Gasteiger partial charge < -0.3 is 14.3 Å². The molecular weight excluding hydrogens is 424 g/mol. The molecule has 188 valence electrons. The molecule has 0 amide bonds. The summed E-state index contributed by atoms with van der Waals surface area (Å²) in [4.78, 5) is 0. The third-order valence-electron chi connectivity index (χ3n) is 9.55. The van der Waals surface area contributed by atoms with E-state index in [1.165, 1.54) is 37.7 Å². The van der Waals surface area contributed by atoms with Crippen LogP contribution in [0.2, 0.25) is 18.1 Å². The van der Waals surface area contributed by atoms with Crippen LogP contribution in [0.3, 0.4) is 0 Å². The molecule has 1 aromatic rings. The van der Waals surface area contributed by atoms with Crippen LogP contribution in [0.15, 0.2) is 30.3 Å². The topological polar surface area (TPSA) is 38.7 Å². The van der Waals surface area contributed by atoms with Crippen LogP contribution in [-0.2, 0) is 15.8 Å². The normalized spacial score (nSPS) is 30.1. The molecule has 6 atom stereocenters. The summed E-state index contributed by atoms with van der Waals surface area (Å²) in [6.07, 6.45) is 8.97. The first-order valence-electron chi connectivity index (χ1n) is 13.4. The largest absolute Gasteiger partial charge is 0.414 e. The number of rotatable bonds is 10. The highest BCUT2D eigenvalue weighted by molar-refractivity contribution is 6.74. The highest BCUT2D eigenvalue weighted by Gasteiger charge is 2.54. The smallest absolute Gasteiger partial charge is 0.192 e. The Kier molecular flexibility index (Phi) is 8.91. The van der Waals surface area contributed by atoms with Gasteiger partial charge in [0, 0.05) is 6.10 Å². The summed E-state index contributed by atoms with van der Waals surface area (Å²) in [5.41, 5.74) is 1.56. The summed E-state index contributed by atoms with van der Waals surface area (Å²) in [6, 6.07) is 10.3. The predicted octanol–water partition coefficient (Wildman–Crippen LogP) is 7.59. The van der Waals surface area contributed by atoms with Crippen molar-refractivity contribution < 1.29 is 14.3 Å². The molecule has 2 unspecified atom stereocenters. The van der Waals surface area contributed by atoms with Crippen molar-refractivity contribution >= 4 is 8.32 Å². The van der Waals surface area contributed by atoms with E-state index in [0.29, 0.717) is 30.0 Å². The molecule has 0 saturated heterocycles. The lowest BCUT2D eigenvalue weighted by molar-refractivity contribution is -0.0287. The summed E-state index contributed by atoms with van der Waals surface area (Å²) in [7, 11) is -1.75. The fourth-order valence-electron chi connectivity index (χ4n) is 6.46. The second-order valence-corrected chi connectivity index (χ2v) is 17.5. The van der Waals surface area contributed by atoms with Gasteiger partial charge in [-0.3, -0.25) is 0 Å². The van der Waals surface area contributed by atoms with E-state index in [4.69, 9.17) is 9.16 Å². The van der Waals surface area contributed by atoms with Gasteiger partial charge in [0.25, 0.3) is 0 Å². The van der Waals surface area contributed by atoms with Crippen LogP contribution in [0.5, 0.6) is 0 Å². The molecule has 0 radical (unpaired) electrons. The number of hydrogen-bond acceptors (Lipinski definition) is 3. The quantitative estimate of drug-likeness (QED) is 0.355. The maximum Gasteiger partial charge on any atom is 0.192 e. The Labute approximate surface area is 204 Å². The van der Waals surface area contributed by atoms with Crippen LogP contribution in [0, 0.1) is 23.2 Å². The molecule has 0 spiro atoms. The highest BCUT2D eigenvalue weighted by Crippen LogP contribution is 2.59. The molecule has 2 aliphatic rings. The SMILES string of the molecule is CC(CCC(CO)OCc1ccccc1)[C@H]1CC[C@H]2[C@@H](O[Si](C)(C)C(C)(C)C)CCC[C@]12C. The van der Waals surface area contributed by atoms with Crippen molar-refractivity contribution in [2.24, 2.45) is 23.2 Å². The van der Waals surface area contributed by atoms with Crippen LogP contribution in [0.25, 0.3) is 0 Å². The van der Waals surface area contributed by atoms with E-state index in [1.54, 1.807) is 0 Å². The lowest BCUT2D eigenvalue weighted by Gasteiger charge is -2.50. The van der Waals surface area contributed by atoms with Crippen LogP contribution >= 0.6 is 0 Å². The van der Waals surface area contributed by atoms with Crippen molar-refractivity contribution in [2.45, 2.75) is 117 Å². The lowest BCUT2D eigenvalue weighted by Crippen LogP contribution is -2.50. The van der Waals surface area contributed by atoms with Gasteiger partial charge in [-0.25, -0.2) is 0 Å². The first-order valence-corrected chi connectivity index (χ1v) is 16.3. The number of benzene rings is 1. The maximum atomic E-state index is 9.89. The molecule has 1 N–H and O–H groups in total. The molecule has 3 rings (SSSR count). The van der Waals surface area contributed by atoms with E-state index >= 15 is 0 Å². The summed E-state index contributed by atoms with van der Waals surface area (Å²) in [6.45, 7) is 17.6. The van der Waals surface area contributed by atoms with E-state index < -0.39 is 8.32 Å². The molecule has 0 aromatic heterocycles. The standard InChI is InChI=1S/C29H50O3Si/c1-22(15-16-24(20-30)31-21-23-12-9-8-10-13-23)25-17-18-26-27(14-11-19-29(25,26)5)32-33(6,7)28(2,3)4/h8-10,12-13,22,24-27,30H,11,14-21H2,1-7H3/t22?,24?,25-,26+,27+,29-/m1/s1. The van der Waals surface area contributed by atoms with Crippen molar-refractivity contribution in [3.05, 3.63) is 35.9 Å². The average molecular weight is 475 g/mol. The summed E-state index contributed by atoms with van der Waals surface area (Å²) in [5, 5.41) is 10.2. The van der Waals surface area contributed by atoms with Gasteiger partial charge in [0.15, 0.2) is 8.32 Å². The molecule has 3 nitrogen and oxygen atoms in total. The van der Waals surface area contributed by atoms with Crippen molar-refractivity contribution in [3.8, 4) is 0 Å². The zero-order chi connectivity index (χ0) is 24.3. The third kappa shape index (κ3) is 6.31. The van der Waals surface area contributed by atoms with E-state index in [0.717, 1.165) is 18.8 Å². The summed E-state index contributed by atoms with van der Waals surface area (Å²) >= 11 is 0. The Morgan fingerprint density at radius 1 is 1.09 bits per heavy atom. The second kappa shape index (κ2) is 10.9. The Morgan fingerprint density at radius 3 is 2.42 bits per heavy atom. The highest BCUT2D eigenvalue weighted by atomic mass is 28.4. The van der Waals surface area contributed by atoms with E-state index in [-0.39, 0.29) is 17.7 Å². The lowest BCUT2D eigenvalue weighted by atomic mass is 9.61. The van der Waals surface area contributed by atoms with Crippen LogP contribution in [0.1, 0.15) is 85.1 Å². The first kappa shape index (κ1) is 26.9. The van der Waals surface area contributed by atoms with Gasteiger partial charge in [0.05, 0.1) is 19.3 Å². The molecule has 2 saturated carbocycles. The Balaban J connectivity index is 1.57. The second-order valence-electron chi connectivity index (χ2n) is 12.8. The minimum absolute atomic E-state index is 0.0707. The van der Waals surface area contributed by atoms with Crippen molar-refractivity contribution in [2.75, 3.05) is 6.61 Å². The number of fused-ring (bicyclic) bond motifs is 1. The first-order chi connectivity index (χ1) is 15.5. The predicted molar refractivity (Wildman–Crippen MR) is 141 cm³/mol. The van der Waals surface area contributed by atoms with E-state index in [1.807, 2.05) is 18.2 Å². The van der Waals surface area contributed by atoms with Gasteiger partial charge in [0.2, 0.25) is 0 Å². The minimum Gasteiger partial charge on any atom is -0.414 e. The zero-order valence-electron chi connectivity index (χ0n) is 22.4. The molecule has 4 heteroatoms. The van der Waals surface area contributed by atoms with Gasteiger partial charge in [-0.2, -0.15) is 0 Å². The number of ether oxygens (including phenoxy) is 1. The van der Waals surface area contributed by atoms with Gasteiger partial charge in [0.1, 0.15) is 0 Å². The monoisotopic (exact) mass is 474 g/mol. The number of hydrogen-bond donors (Lipinski definition) is 1. The molecule has 2 aliphatic carbocycles. The molecule has 0 aliphatic heterocycles. The van der Waals surface area contributed by atoms with Crippen molar-refractivity contribution in [1.29, 1.82) is 0 Å². The maximum absolute atomic E-state index is 9.89. The molecule has 1 aromatic carbocycles. The molecular formula is C29H50O3Si. The Morgan fingerprint density at radius 2 is 1.79 bits per heavy atom. The number of aliphatic hydroxyl groups is 1. The molecule has 0 bridgehead atoms. The van der Waals surface area contributed by atoms with Crippen molar-refractivity contribution in [1.82, 2.24) is 0 Å². The van der Waals surface area contributed by atoms with Gasteiger partial charge in [-0.15, -0.1) is 0 Å². The van der Waals surface area contributed by atoms with Gasteiger partial charge >= 0.3 is 0 Å². The zero-order valence-corrected chi connectivity index (χ0v) is 23.4. The summed E-state index contributed by atoms with van der Waals surface area (Å²) in [5.74, 6) is 2.11. The third-order valence-corrected chi connectivity index (χ3v) is 14.1.